The molecule has 7 heteroatoms. The lowest BCUT2D eigenvalue weighted by molar-refractivity contribution is 0.0600. The van der Waals surface area contributed by atoms with E-state index in [1.165, 1.54) is 7.11 Å². The number of methoxy groups -OCH3 is 1. The van der Waals surface area contributed by atoms with E-state index in [0.29, 0.717) is 5.56 Å². The van der Waals surface area contributed by atoms with Crippen LogP contribution in [0, 0.1) is 5.82 Å². The fraction of sp³-hybridized carbons (Fsp3) is 0.188. The summed E-state index contributed by atoms with van der Waals surface area (Å²) in [6, 6.07) is 7.25. The molecule has 0 fully saturated rings. The second-order valence-corrected chi connectivity index (χ2v) is 5.16. The lowest BCUT2D eigenvalue weighted by Crippen LogP contribution is -2.27. The molecule has 1 heterocycles. The van der Waals surface area contributed by atoms with Crippen LogP contribution in [-0.2, 0) is 4.74 Å². The highest BCUT2D eigenvalue weighted by molar-refractivity contribution is 6.32. The number of rotatable bonds is 4. The summed E-state index contributed by atoms with van der Waals surface area (Å²) in [6.45, 7) is 1.76. The van der Waals surface area contributed by atoms with Crippen molar-refractivity contribution in [1.82, 2.24) is 10.3 Å². The molecule has 0 bridgehead atoms. The van der Waals surface area contributed by atoms with Gasteiger partial charge in [-0.3, -0.25) is 4.79 Å². The van der Waals surface area contributed by atoms with Gasteiger partial charge >= 0.3 is 5.97 Å². The summed E-state index contributed by atoms with van der Waals surface area (Å²) >= 11 is 5.80. The Kier molecular flexibility index (Phi) is 5.28. The molecule has 1 N–H and O–H groups in total. The van der Waals surface area contributed by atoms with E-state index in [0.717, 1.165) is 17.8 Å². The molecule has 1 aromatic heterocycles. The van der Waals surface area contributed by atoms with Crippen LogP contribution in [0.4, 0.5) is 4.39 Å². The second kappa shape index (κ2) is 7.19. The molecule has 0 saturated carbocycles. The van der Waals surface area contributed by atoms with Crippen molar-refractivity contribution < 1.29 is 18.7 Å². The summed E-state index contributed by atoms with van der Waals surface area (Å²) in [7, 11) is 1.30. The molecule has 2 aromatic rings. The van der Waals surface area contributed by atoms with Crippen LogP contribution >= 0.6 is 11.6 Å². The van der Waals surface area contributed by atoms with Crippen molar-refractivity contribution in [2.45, 2.75) is 13.0 Å². The highest BCUT2D eigenvalue weighted by atomic mass is 35.5. The Morgan fingerprint density at radius 2 is 1.96 bits per heavy atom. The summed E-state index contributed by atoms with van der Waals surface area (Å²) in [5, 5.41) is 2.62. The van der Waals surface area contributed by atoms with Crippen LogP contribution in [0.15, 0.2) is 36.5 Å². The van der Waals surface area contributed by atoms with E-state index in [4.69, 9.17) is 11.6 Å². The predicted octanol–water partition coefficient (Wildman–Crippen LogP) is 3.15. The van der Waals surface area contributed by atoms with E-state index in [9.17, 15) is 14.0 Å². The van der Waals surface area contributed by atoms with Gasteiger partial charge < -0.3 is 10.1 Å². The van der Waals surface area contributed by atoms with Crippen LogP contribution in [0.5, 0.6) is 0 Å². The maximum absolute atomic E-state index is 13.2. The van der Waals surface area contributed by atoms with E-state index in [1.54, 1.807) is 31.2 Å². The minimum atomic E-state index is -0.644. The van der Waals surface area contributed by atoms with Crippen LogP contribution in [-0.4, -0.2) is 24.0 Å². The third-order valence-electron chi connectivity index (χ3n) is 3.23. The summed E-state index contributed by atoms with van der Waals surface area (Å²) in [5.74, 6) is -1.62. The summed E-state index contributed by atoms with van der Waals surface area (Å²) in [5.41, 5.74) is 1.14. The van der Waals surface area contributed by atoms with Gasteiger partial charge in [-0.2, -0.15) is 0 Å². The lowest BCUT2D eigenvalue weighted by Gasteiger charge is -2.15. The number of esters is 1. The fourth-order valence-corrected chi connectivity index (χ4v) is 2.15. The number of amides is 1. The second-order valence-electron chi connectivity index (χ2n) is 4.80. The van der Waals surface area contributed by atoms with Crippen LogP contribution in [0.2, 0.25) is 5.15 Å². The van der Waals surface area contributed by atoms with E-state index in [2.05, 4.69) is 15.0 Å². The number of nitrogens with zero attached hydrogens (tertiary/aromatic N) is 1. The first-order chi connectivity index (χ1) is 10.9. The predicted molar refractivity (Wildman–Crippen MR) is 82.9 cm³/mol. The number of pyridine rings is 1. The normalized spacial score (nSPS) is 11.7. The third-order valence-corrected chi connectivity index (χ3v) is 3.53. The van der Waals surface area contributed by atoms with Gasteiger partial charge in [-0.25, -0.2) is 14.2 Å². The Hall–Kier alpha value is -2.47. The zero-order valence-electron chi connectivity index (χ0n) is 12.5. The maximum Gasteiger partial charge on any atom is 0.337 e. The fourth-order valence-electron chi connectivity index (χ4n) is 1.97. The zero-order chi connectivity index (χ0) is 17.0. The van der Waals surface area contributed by atoms with Crippen molar-refractivity contribution in [3.8, 4) is 0 Å². The molecule has 2 rings (SSSR count). The number of carbonyl (C=O) groups is 2. The number of hydrogen-bond acceptors (Lipinski definition) is 4. The largest absolute Gasteiger partial charge is 0.465 e. The van der Waals surface area contributed by atoms with Gasteiger partial charge in [-0.1, -0.05) is 23.7 Å². The monoisotopic (exact) mass is 336 g/mol. The molecule has 0 aliphatic carbocycles. The molecule has 0 unspecified atom stereocenters. The molecule has 0 spiro atoms. The van der Waals surface area contributed by atoms with Gasteiger partial charge in [0.15, 0.2) is 0 Å². The number of aromatic nitrogens is 1. The molecule has 23 heavy (non-hydrogen) atoms. The van der Waals surface area contributed by atoms with Crippen LogP contribution in [0.3, 0.4) is 0 Å². The van der Waals surface area contributed by atoms with Gasteiger partial charge in [-0.15, -0.1) is 0 Å². The molecule has 1 atom stereocenters. The first-order valence-corrected chi connectivity index (χ1v) is 7.10. The van der Waals surface area contributed by atoms with Gasteiger partial charge in [0, 0.05) is 0 Å². The Labute approximate surface area is 137 Å². The Balaban J connectivity index is 2.12. The highest BCUT2D eigenvalue weighted by Crippen LogP contribution is 2.18. The number of hydrogen-bond donors (Lipinski definition) is 1. The first kappa shape index (κ1) is 16.9. The lowest BCUT2D eigenvalue weighted by atomic mass is 10.1. The molecule has 1 aromatic carbocycles. The summed E-state index contributed by atoms with van der Waals surface area (Å²) in [4.78, 5) is 27.1. The van der Waals surface area contributed by atoms with E-state index >= 15 is 0 Å². The quantitative estimate of drug-likeness (QED) is 0.688. The molecule has 0 aliphatic rings. The van der Waals surface area contributed by atoms with Gasteiger partial charge in [0.25, 0.3) is 5.91 Å². The third kappa shape index (κ3) is 4.04. The van der Waals surface area contributed by atoms with Crippen LogP contribution < -0.4 is 5.32 Å². The van der Waals surface area contributed by atoms with Gasteiger partial charge in [0.1, 0.15) is 11.0 Å². The minimum Gasteiger partial charge on any atom is -0.465 e. The van der Waals surface area contributed by atoms with E-state index < -0.39 is 17.7 Å². The standard InChI is InChI=1S/C16H14ClFN2O3/c1-9(10-3-5-11(6-4-10)16(22)23-2)20-15(21)13-7-12(18)8-19-14(13)17/h3-9H,1-2H3,(H,20,21)/t9-/m0/s1. The van der Waals surface area contributed by atoms with Gasteiger partial charge in [-0.05, 0) is 30.7 Å². The van der Waals surface area contributed by atoms with Crippen LogP contribution in [0.1, 0.15) is 39.2 Å². The van der Waals surface area contributed by atoms with Crippen molar-refractivity contribution >= 4 is 23.5 Å². The number of ether oxygens (including phenoxy) is 1. The van der Waals surface area contributed by atoms with E-state index in [1.807, 2.05) is 0 Å². The Morgan fingerprint density at radius 3 is 2.57 bits per heavy atom. The molecule has 5 nitrogen and oxygen atoms in total. The van der Waals surface area contributed by atoms with Crippen molar-refractivity contribution in [1.29, 1.82) is 0 Å². The maximum atomic E-state index is 13.2. The van der Waals surface area contributed by atoms with Crippen molar-refractivity contribution in [3.05, 3.63) is 64.2 Å². The van der Waals surface area contributed by atoms with Gasteiger partial charge in [0.05, 0.1) is 30.5 Å². The van der Waals surface area contributed by atoms with Crippen molar-refractivity contribution in [3.63, 3.8) is 0 Å². The summed E-state index contributed by atoms with van der Waals surface area (Å²) in [6.07, 6.45) is 0.939. The van der Waals surface area contributed by atoms with Crippen molar-refractivity contribution in [2.24, 2.45) is 0 Å². The molecular weight excluding hydrogens is 323 g/mol. The van der Waals surface area contributed by atoms with Crippen LogP contribution in [0.25, 0.3) is 0 Å². The average molecular weight is 337 g/mol. The van der Waals surface area contributed by atoms with E-state index in [-0.39, 0.29) is 16.8 Å². The van der Waals surface area contributed by atoms with Crippen molar-refractivity contribution in [2.75, 3.05) is 7.11 Å². The summed E-state index contributed by atoms with van der Waals surface area (Å²) < 4.78 is 17.8. The molecule has 120 valence electrons. The molecule has 0 aliphatic heterocycles. The minimum absolute atomic E-state index is 0.0373. The Bertz CT molecular complexity index is 735. The SMILES string of the molecule is COC(=O)c1ccc([C@H](C)NC(=O)c2cc(F)cnc2Cl)cc1. The smallest absolute Gasteiger partial charge is 0.337 e. The number of halogens is 2. The average Bonchev–Trinajstić information content (AvgIpc) is 2.56. The number of nitrogens with one attached hydrogen (secondary N) is 1. The topological polar surface area (TPSA) is 68.3 Å². The molecule has 0 saturated heterocycles. The Morgan fingerprint density at radius 1 is 1.30 bits per heavy atom. The number of benzene rings is 1. The molecule has 1 amide bonds. The molecule has 0 radical (unpaired) electrons. The number of carbonyl (C=O) groups excluding carboxylic acids is 2. The zero-order valence-corrected chi connectivity index (χ0v) is 13.2. The highest BCUT2D eigenvalue weighted by Gasteiger charge is 2.16. The first-order valence-electron chi connectivity index (χ1n) is 6.72. The molecular formula is C16H14ClFN2O3. The van der Waals surface area contributed by atoms with Gasteiger partial charge in [0.2, 0.25) is 0 Å².